The summed E-state index contributed by atoms with van der Waals surface area (Å²) >= 11 is 1.26. The normalized spacial score (nSPS) is 10.5. The first kappa shape index (κ1) is 13.5. The smallest absolute Gasteiger partial charge is 0.230 e. The largest absolute Gasteiger partial charge is 0.358 e. The summed E-state index contributed by atoms with van der Waals surface area (Å²) in [4.78, 5) is 11.2. The molecule has 1 aromatic carbocycles. The van der Waals surface area contributed by atoms with E-state index >= 15 is 0 Å². The van der Waals surface area contributed by atoms with Gasteiger partial charge in [-0.2, -0.15) is 0 Å². The molecule has 0 saturated heterocycles. The van der Waals surface area contributed by atoms with Crippen LogP contribution >= 0.6 is 11.8 Å². The van der Waals surface area contributed by atoms with Crippen LogP contribution in [0.2, 0.25) is 0 Å². The maximum Gasteiger partial charge on any atom is 0.230 e. The monoisotopic (exact) mass is 280 g/mol. The highest BCUT2D eigenvalue weighted by molar-refractivity contribution is 7.99. The number of rotatable bonds is 4. The number of aromatic nitrogens is 3. The maximum absolute atomic E-state index is 13.7. The topological polar surface area (TPSA) is 59.8 Å². The summed E-state index contributed by atoms with van der Waals surface area (Å²) in [7, 11) is 3.32. The number of hydrogen-bond donors (Lipinski definition) is 1. The van der Waals surface area contributed by atoms with Gasteiger partial charge in [0.25, 0.3) is 0 Å². The molecule has 0 aliphatic rings. The van der Waals surface area contributed by atoms with E-state index in [0.717, 1.165) is 0 Å². The minimum Gasteiger partial charge on any atom is -0.358 e. The van der Waals surface area contributed by atoms with Crippen LogP contribution in [-0.4, -0.2) is 33.5 Å². The Morgan fingerprint density at radius 2 is 2.16 bits per heavy atom. The third kappa shape index (κ3) is 2.93. The van der Waals surface area contributed by atoms with Crippen LogP contribution in [0.5, 0.6) is 0 Å². The van der Waals surface area contributed by atoms with E-state index in [1.807, 2.05) is 0 Å². The molecule has 1 N–H and O–H groups in total. The van der Waals surface area contributed by atoms with Crippen LogP contribution in [0.1, 0.15) is 0 Å². The molecule has 19 heavy (non-hydrogen) atoms. The van der Waals surface area contributed by atoms with E-state index in [2.05, 4.69) is 15.5 Å². The number of nitrogens with zero attached hydrogens (tertiary/aromatic N) is 3. The summed E-state index contributed by atoms with van der Waals surface area (Å²) in [5.74, 6) is 0.249. The molecule has 0 saturated carbocycles. The SMILES string of the molecule is CNC(=O)CSc1nnc(-c2ccccc2F)n1C. The third-order valence-electron chi connectivity index (χ3n) is 2.56. The van der Waals surface area contributed by atoms with Crippen molar-refractivity contribution in [3.63, 3.8) is 0 Å². The van der Waals surface area contributed by atoms with Gasteiger partial charge in [0, 0.05) is 14.1 Å². The van der Waals surface area contributed by atoms with Gasteiger partial charge in [0.15, 0.2) is 11.0 Å². The standard InChI is InChI=1S/C12H13FN4OS/c1-14-10(18)7-19-12-16-15-11(17(12)2)8-5-3-4-6-9(8)13/h3-6H,7H2,1-2H3,(H,14,18). The number of halogens is 1. The van der Waals surface area contributed by atoms with Crippen molar-refractivity contribution in [2.45, 2.75) is 5.16 Å². The molecule has 2 rings (SSSR count). The van der Waals surface area contributed by atoms with Gasteiger partial charge >= 0.3 is 0 Å². The molecule has 0 aliphatic carbocycles. The Kier molecular flexibility index (Phi) is 4.16. The lowest BCUT2D eigenvalue weighted by Gasteiger charge is -2.04. The van der Waals surface area contributed by atoms with Crippen molar-refractivity contribution in [3.8, 4) is 11.4 Å². The highest BCUT2D eigenvalue weighted by atomic mass is 32.2. The molecule has 0 aliphatic heterocycles. The first-order valence-corrected chi connectivity index (χ1v) is 6.59. The van der Waals surface area contributed by atoms with E-state index in [1.54, 1.807) is 36.9 Å². The van der Waals surface area contributed by atoms with Crippen LogP contribution in [0.25, 0.3) is 11.4 Å². The van der Waals surface area contributed by atoms with Crippen molar-refractivity contribution in [2.75, 3.05) is 12.8 Å². The summed E-state index contributed by atoms with van der Waals surface area (Å²) in [5.41, 5.74) is 0.393. The molecule has 0 spiro atoms. The van der Waals surface area contributed by atoms with Gasteiger partial charge < -0.3 is 9.88 Å². The average Bonchev–Trinajstić information content (AvgIpc) is 2.78. The molecule has 1 heterocycles. The first-order chi connectivity index (χ1) is 9.13. The zero-order valence-corrected chi connectivity index (χ0v) is 11.4. The number of benzene rings is 1. The van der Waals surface area contributed by atoms with Crippen LogP contribution < -0.4 is 5.32 Å². The zero-order chi connectivity index (χ0) is 13.8. The van der Waals surface area contributed by atoms with Crippen molar-refractivity contribution in [1.82, 2.24) is 20.1 Å². The van der Waals surface area contributed by atoms with Gasteiger partial charge in [0.2, 0.25) is 5.91 Å². The molecular formula is C12H13FN4OS. The molecule has 1 aromatic heterocycles. The van der Waals surface area contributed by atoms with E-state index in [1.165, 1.54) is 17.8 Å². The van der Waals surface area contributed by atoms with Gasteiger partial charge in [0.1, 0.15) is 5.82 Å². The highest BCUT2D eigenvalue weighted by Gasteiger charge is 2.14. The third-order valence-corrected chi connectivity index (χ3v) is 3.58. The lowest BCUT2D eigenvalue weighted by molar-refractivity contribution is -0.118. The summed E-state index contributed by atoms with van der Waals surface area (Å²) in [6.45, 7) is 0. The van der Waals surface area contributed by atoms with Crippen LogP contribution in [0, 0.1) is 5.82 Å². The lowest BCUT2D eigenvalue weighted by atomic mass is 10.2. The Labute approximate surface area is 114 Å². The summed E-state index contributed by atoms with van der Waals surface area (Å²) in [6, 6.07) is 6.38. The number of carbonyl (C=O) groups excluding carboxylic acids is 1. The van der Waals surface area contributed by atoms with Gasteiger partial charge in [-0.15, -0.1) is 10.2 Å². The van der Waals surface area contributed by atoms with Crippen molar-refractivity contribution in [1.29, 1.82) is 0 Å². The van der Waals surface area contributed by atoms with E-state index in [-0.39, 0.29) is 17.5 Å². The number of amides is 1. The van der Waals surface area contributed by atoms with Crippen LogP contribution in [0.15, 0.2) is 29.4 Å². The van der Waals surface area contributed by atoms with Gasteiger partial charge in [-0.25, -0.2) is 4.39 Å². The Morgan fingerprint density at radius 1 is 1.42 bits per heavy atom. The first-order valence-electron chi connectivity index (χ1n) is 5.61. The Morgan fingerprint density at radius 3 is 2.84 bits per heavy atom. The quantitative estimate of drug-likeness (QED) is 0.861. The Balaban J connectivity index is 2.24. The minimum atomic E-state index is -0.346. The second kappa shape index (κ2) is 5.83. The van der Waals surface area contributed by atoms with Gasteiger partial charge in [-0.3, -0.25) is 4.79 Å². The molecule has 5 nitrogen and oxygen atoms in total. The molecule has 7 heteroatoms. The molecule has 0 fully saturated rings. The lowest BCUT2D eigenvalue weighted by Crippen LogP contribution is -2.20. The summed E-state index contributed by atoms with van der Waals surface area (Å²) in [6.07, 6.45) is 0. The highest BCUT2D eigenvalue weighted by Crippen LogP contribution is 2.24. The summed E-state index contributed by atoms with van der Waals surface area (Å²) in [5, 5.41) is 11.0. The Bertz CT molecular complexity index is 599. The molecular weight excluding hydrogens is 267 g/mol. The van der Waals surface area contributed by atoms with Crippen molar-refractivity contribution in [2.24, 2.45) is 7.05 Å². The molecule has 0 bridgehead atoms. The second-order valence-electron chi connectivity index (χ2n) is 3.81. The maximum atomic E-state index is 13.7. The average molecular weight is 280 g/mol. The van der Waals surface area contributed by atoms with E-state index in [0.29, 0.717) is 16.5 Å². The Hall–Kier alpha value is -1.89. The fourth-order valence-electron chi connectivity index (χ4n) is 1.52. The zero-order valence-electron chi connectivity index (χ0n) is 10.6. The fraction of sp³-hybridized carbons (Fsp3) is 0.250. The van der Waals surface area contributed by atoms with Gasteiger partial charge in [-0.05, 0) is 12.1 Å². The fourth-order valence-corrected chi connectivity index (χ4v) is 2.30. The van der Waals surface area contributed by atoms with E-state index < -0.39 is 0 Å². The van der Waals surface area contributed by atoms with Gasteiger partial charge in [-0.1, -0.05) is 23.9 Å². The molecule has 100 valence electrons. The molecule has 0 atom stereocenters. The van der Waals surface area contributed by atoms with Crippen LogP contribution in [0.4, 0.5) is 4.39 Å². The van der Waals surface area contributed by atoms with Crippen molar-refractivity contribution < 1.29 is 9.18 Å². The number of hydrogen-bond acceptors (Lipinski definition) is 4. The number of nitrogens with one attached hydrogen (secondary N) is 1. The van der Waals surface area contributed by atoms with E-state index in [4.69, 9.17) is 0 Å². The van der Waals surface area contributed by atoms with Crippen LogP contribution in [-0.2, 0) is 11.8 Å². The number of carbonyl (C=O) groups is 1. The molecule has 0 unspecified atom stereocenters. The predicted molar refractivity (Wildman–Crippen MR) is 71.2 cm³/mol. The van der Waals surface area contributed by atoms with Crippen molar-refractivity contribution >= 4 is 17.7 Å². The predicted octanol–water partition coefficient (Wildman–Crippen LogP) is 1.46. The molecule has 0 radical (unpaired) electrons. The minimum absolute atomic E-state index is 0.0968. The molecule has 2 aromatic rings. The van der Waals surface area contributed by atoms with Gasteiger partial charge in [0.05, 0.1) is 11.3 Å². The summed E-state index contributed by atoms with van der Waals surface area (Å²) < 4.78 is 15.4. The van der Waals surface area contributed by atoms with Crippen LogP contribution in [0.3, 0.4) is 0 Å². The second-order valence-corrected chi connectivity index (χ2v) is 4.75. The van der Waals surface area contributed by atoms with Crippen molar-refractivity contribution in [3.05, 3.63) is 30.1 Å². The van der Waals surface area contributed by atoms with E-state index in [9.17, 15) is 9.18 Å². The number of thioether (sulfide) groups is 1. The molecule has 1 amide bonds.